The number of aliphatic hydroxyl groups is 3. The maximum Gasteiger partial charge on any atom is 0.490 e. The van der Waals surface area contributed by atoms with Crippen molar-refractivity contribution in [2.24, 2.45) is 7.05 Å². The SMILES string of the molecule is Cn1c[n+](CC(O)COP(=O)(O)OP(=O)(O)OP(=O)(O)OCC2OC(n3cnc4c(=O)[nH]c(N)nc43)C(O)C2O)c2nc(N)[nH]c(=O)c21. The summed E-state index contributed by atoms with van der Waals surface area (Å²) in [4.78, 5) is 70.0. The summed E-state index contributed by atoms with van der Waals surface area (Å²) in [5.74, 6) is -0.526. The molecule has 0 saturated carbocycles. The normalized spacial score (nSPS) is 24.4. The fourth-order valence-electron chi connectivity index (χ4n) is 4.62. The molecule has 12 N–H and O–H groups in total. The van der Waals surface area contributed by atoms with E-state index >= 15 is 0 Å². The van der Waals surface area contributed by atoms with Crippen LogP contribution in [0.25, 0.3) is 22.3 Å². The smallest absolute Gasteiger partial charge is 0.387 e. The number of fused-ring (bicyclic) bond motifs is 2. The van der Waals surface area contributed by atoms with Gasteiger partial charge in [-0.1, -0.05) is 4.98 Å². The first-order valence-corrected chi connectivity index (χ1v) is 17.6. The number of aryl methyl sites for hydroxylation is 1. The number of nitrogen functional groups attached to an aromatic ring is 2. The molecule has 1 aliphatic rings. The van der Waals surface area contributed by atoms with Crippen molar-refractivity contribution in [1.82, 2.24) is 34.1 Å². The van der Waals surface area contributed by atoms with Crippen LogP contribution in [0, 0.1) is 0 Å². The number of nitrogens with zero attached hydrogens (tertiary/aromatic N) is 6. The predicted molar refractivity (Wildman–Crippen MR) is 154 cm³/mol. The van der Waals surface area contributed by atoms with Crippen molar-refractivity contribution in [1.29, 1.82) is 0 Å². The second-order valence-corrected chi connectivity index (χ2v) is 14.8. The second-order valence-electron chi connectivity index (χ2n) is 10.1. The second kappa shape index (κ2) is 13.1. The van der Waals surface area contributed by atoms with Crippen LogP contribution in [0.2, 0.25) is 0 Å². The number of phosphoric acid groups is 3. The van der Waals surface area contributed by atoms with Gasteiger partial charge in [-0.25, -0.2) is 23.2 Å². The molecule has 4 aromatic rings. The highest BCUT2D eigenvalue weighted by atomic mass is 31.3. The van der Waals surface area contributed by atoms with Gasteiger partial charge in [-0.3, -0.25) is 37.7 Å². The van der Waals surface area contributed by atoms with Crippen LogP contribution in [0.5, 0.6) is 0 Å². The van der Waals surface area contributed by atoms with Gasteiger partial charge < -0.3 is 46.2 Å². The summed E-state index contributed by atoms with van der Waals surface area (Å²) >= 11 is 0. The highest BCUT2D eigenvalue weighted by Crippen LogP contribution is 2.67. The van der Waals surface area contributed by atoms with Crippen molar-refractivity contribution < 1.29 is 70.7 Å². The van der Waals surface area contributed by atoms with Crippen LogP contribution in [0.1, 0.15) is 6.23 Å². The molecule has 0 aliphatic carbocycles. The van der Waals surface area contributed by atoms with Crippen LogP contribution >= 0.6 is 23.5 Å². The maximum absolute atomic E-state index is 12.4. The lowest BCUT2D eigenvalue weighted by atomic mass is 10.1. The van der Waals surface area contributed by atoms with Crippen molar-refractivity contribution >= 4 is 57.7 Å². The molecule has 4 aromatic heterocycles. The number of rotatable bonds is 13. The number of aliphatic hydroxyl groups excluding tert-OH is 3. The Balaban J connectivity index is 1.15. The molecule has 0 aromatic carbocycles. The average molecular weight is 745 g/mol. The molecule has 8 atom stereocenters. The van der Waals surface area contributed by atoms with E-state index in [1.54, 1.807) is 0 Å². The molecule has 5 rings (SSSR count). The minimum absolute atomic E-state index is 0.0442. The first-order valence-electron chi connectivity index (χ1n) is 13.1. The fraction of sp³-hybridized carbons (Fsp3) is 0.474. The Morgan fingerprint density at radius 3 is 2.31 bits per heavy atom. The number of imidazole rings is 2. The number of ether oxygens (including phenoxy) is 1. The third-order valence-corrected chi connectivity index (χ3v) is 10.8. The van der Waals surface area contributed by atoms with Crippen molar-refractivity contribution in [3.63, 3.8) is 0 Å². The van der Waals surface area contributed by atoms with Crippen LogP contribution < -0.4 is 27.2 Å². The van der Waals surface area contributed by atoms with Gasteiger partial charge >= 0.3 is 29.1 Å². The van der Waals surface area contributed by atoms with Crippen LogP contribution in [0.3, 0.4) is 0 Å². The van der Waals surface area contributed by atoms with Crippen LogP contribution in [0.4, 0.5) is 11.9 Å². The molecular formula is C19H28N10O16P3+. The number of hydrogen-bond donors (Lipinski definition) is 10. The van der Waals surface area contributed by atoms with Gasteiger partial charge in [-0.2, -0.15) is 13.6 Å². The number of hydrogen-bond acceptors (Lipinski definition) is 18. The van der Waals surface area contributed by atoms with Gasteiger partial charge in [0.2, 0.25) is 11.5 Å². The van der Waals surface area contributed by atoms with Gasteiger partial charge in [0.05, 0.1) is 33.1 Å². The zero-order chi connectivity index (χ0) is 35.3. The zero-order valence-electron chi connectivity index (χ0n) is 24.1. The van der Waals surface area contributed by atoms with E-state index in [-0.39, 0.29) is 40.8 Å². The van der Waals surface area contributed by atoms with Gasteiger partial charge in [-0.05, 0) is 0 Å². The Labute approximate surface area is 264 Å². The number of nitrogens with one attached hydrogen (secondary N) is 2. The van der Waals surface area contributed by atoms with Crippen molar-refractivity contribution in [2.45, 2.75) is 37.2 Å². The van der Waals surface area contributed by atoms with Gasteiger partial charge in [0.15, 0.2) is 23.7 Å². The van der Waals surface area contributed by atoms with E-state index in [1.165, 1.54) is 22.5 Å². The Morgan fingerprint density at radius 1 is 1.00 bits per heavy atom. The molecule has 1 aliphatic heterocycles. The number of aromatic nitrogens is 8. The van der Waals surface area contributed by atoms with E-state index in [2.05, 4.69) is 42.6 Å². The van der Waals surface area contributed by atoms with Gasteiger partial charge in [0.25, 0.3) is 17.1 Å². The lowest BCUT2D eigenvalue weighted by molar-refractivity contribution is -0.681. The summed E-state index contributed by atoms with van der Waals surface area (Å²) < 4.78 is 63.1. The molecule has 1 fully saturated rings. The molecule has 5 heterocycles. The highest BCUT2D eigenvalue weighted by molar-refractivity contribution is 7.66. The Hall–Kier alpha value is -3.45. The summed E-state index contributed by atoms with van der Waals surface area (Å²) in [5.41, 5.74) is 9.58. The predicted octanol–water partition coefficient (Wildman–Crippen LogP) is -3.81. The van der Waals surface area contributed by atoms with Gasteiger partial charge in [0.1, 0.15) is 24.4 Å². The zero-order valence-corrected chi connectivity index (χ0v) is 26.8. The van der Waals surface area contributed by atoms with Crippen LogP contribution in [0.15, 0.2) is 22.2 Å². The molecule has 26 nitrogen and oxygen atoms in total. The first-order chi connectivity index (χ1) is 22.3. The third kappa shape index (κ3) is 7.72. The molecular weight excluding hydrogens is 717 g/mol. The molecule has 29 heteroatoms. The largest absolute Gasteiger partial charge is 0.490 e. The maximum atomic E-state index is 12.4. The minimum Gasteiger partial charge on any atom is -0.387 e. The third-order valence-electron chi connectivity index (χ3n) is 6.55. The van der Waals surface area contributed by atoms with Crippen LogP contribution in [-0.4, -0.2) is 102 Å². The fourth-order valence-corrected chi connectivity index (χ4v) is 8.17. The van der Waals surface area contributed by atoms with Crippen LogP contribution in [-0.2, 0) is 49.7 Å². The molecule has 0 spiro atoms. The lowest BCUT2D eigenvalue weighted by Crippen LogP contribution is -2.41. The van der Waals surface area contributed by atoms with E-state index in [1.807, 2.05) is 0 Å². The van der Waals surface area contributed by atoms with Crippen molar-refractivity contribution in [3.05, 3.63) is 33.4 Å². The minimum atomic E-state index is -5.93. The summed E-state index contributed by atoms with van der Waals surface area (Å²) in [6, 6.07) is 0. The summed E-state index contributed by atoms with van der Waals surface area (Å²) in [6.07, 6.45) is -5.82. The van der Waals surface area contributed by atoms with Gasteiger partial charge in [-0.15, -0.1) is 0 Å². The van der Waals surface area contributed by atoms with E-state index in [0.29, 0.717) is 0 Å². The van der Waals surface area contributed by atoms with E-state index in [0.717, 1.165) is 10.9 Å². The molecule has 8 unspecified atom stereocenters. The molecule has 264 valence electrons. The standard InChI is InChI=1S/C19H27N10O16P3/c1-27-6-28(14-10(27)16(34)26-19(21)24-14)2-7(30)3-41-46(35,36)44-48(39,40)45-47(37,38)42-4-8-11(31)12(32)17(43-8)29-5-22-9-13(29)23-18(20)25-15(9)33/h5-8,11-12,17,30-32H,2-4H2,1H3,(H8-,20,21,23,24,25,26,33,34,35,36,37,38,39,40)/p+1. The number of phosphoric ester groups is 2. The molecule has 1 saturated heterocycles. The summed E-state index contributed by atoms with van der Waals surface area (Å²) in [7, 11) is -15.6. The van der Waals surface area contributed by atoms with E-state index in [9.17, 15) is 53.3 Å². The Kier molecular flexibility index (Phi) is 9.79. The number of aromatic amines is 2. The Bertz CT molecular complexity index is 2120. The monoisotopic (exact) mass is 745 g/mol. The Morgan fingerprint density at radius 2 is 1.62 bits per heavy atom. The number of nitrogens with two attached hydrogens (primary N) is 2. The molecule has 48 heavy (non-hydrogen) atoms. The topological polar surface area (TPSA) is 389 Å². The van der Waals surface area contributed by atoms with E-state index < -0.39 is 78.4 Å². The lowest BCUT2D eigenvalue weighted by Gasteiger charge is -2.20. The summed E-state index contributed by atoms with van der Waals surface area (Å²) in [5, 5.41) is 31.2. The molecule has 0 radical (unpaired) electrons. The quantitative estimate of drug-likeness (QED) is 0.0463. The number of anilines is 2. The number of H-pyrrole nitrogens is 2. The first kappa shape index (κ1) is 35.8. The average Bonchev–Trinajstić information content (AvgIpc) is 3.59. The van der Waals surface area contributed by atoms with Crippen molar-refractivity contribution in [3.8, 4) is 0 Å². The van der Waals surface area contributed by atoms with Gasteiger partial charge in [0, 0.05) is 0 Å². The van der Waals surface area contributed by atoms with Crippen molar-refractivity contribution in [2.75, 3.05) is 24.7 Å². The summed E-state index contributed by atoms with van der Waals surface area (Å²) in [6.45, 7) is -2.46. The van der Waals surface area contributed by atoms with E-state index in [4.69, 9.17) is 16.2 Å². The molecule has 0 amide bonds. The highest BCUT2D eigenvalue weighted by Gasteiger charge is 2.47. The molecule has 0 bridgehead atoms.